The number of nitrogens with one attached hydrogen (secondary N) is 3. The summed E-state index contributed by atoms with van der Waals surface area (Å²) >= 11 is 0. The second kappa shape index (κ2) is 7.36. The van der Waals surface area contributed by atoms with Gasteiger partial charge in [0.2, 0.25) is 0 Å². The van der Waals surface area contributed by atoms with Gasteiger partial charge in [0, 0.05) is 17.5 Å². The first-order valence-corrected chi connectivity index (χ1v) is 9.55. The van der Waals surface area contributed by atoms with Gasteiger partial charge in [0.05, 0.1) is 23.7 Å². The zero-order chi connectivity index (χ0) is 20.5. The lowest BCUT2D eigenvalue weighted by molar-refractivity contribution is 0.0951. The highest BCUT2D eigenvalue weighted by molar-refractivity contribution is 5.98. The molecule has 1 amide bonds. The fraction of sp³-hybridized carbons (Fsp3) is 0.0870. The fourth-order valence-corrected chi connectivity index (χ4v) is 3.47. The summed E-state index contributed by atoms with van der Waals surface area (Å²) in [4.78, 5) is 20.6. The highest BCUT2D eigenvalue weighted by Gasteiger charge is 2.14. The molecule has 5 aromatic rings. The molecule has 0 saturated carbocycles. The molecule has 3 N–H and O–H groups in total. The smallest absolute Gasteiger partial charge is 0.251 e. The van der Waals surface area contributed by atoms with Crippen molar-refractivity contribution >= 4 is 27.8 Å². The molecule has 0 aliphatic rings. The Morgan fingerprint density at radius 3 is 2.83 bits per heavy atom. The number of para-hydroxylation sites is 1. The van der Waals surface area contributed by atoms with Crippen LogP contribution in [0.1, 0.15) is 15.9 Å². The normalized spacial score (nSPS) is 11.1. The number of aromatic amines is 2. The maximum Gasteiger partial charge on any atom is 0.251 e. The van der Waals surface area contributed by atoms with E-state index >= 15 is 0 Å². The van der Waals surface area contributed by atoms with Crippen molar-refractivity contribution in [1.82, 2.24) is 25.5 Å². The quantitative estimate of drug-likeness (QED) is 0.417. The van der Waals surface area contributed by atoms with E-state index in [-0.39, 0.29) is 5.91 Å². The molecule has 0 aliphatic heterocycles. The fourth-order valence-electron chi connectivity index (χ4n) is 3.47. The summed E-state index contributed by atoms with van der Waals surface area (Å²) in [5.74, 6) is 1.27. The van der Waals surface area contributed by atoms with Gasteiger partial charge in [0.15, 0.2) is 5.82 Å². The predicted molar refractivity (Wildman–Crippen MR) is 115 cm³/mol. The molecular weight excluding hydrogens is 378 g/mol. The number of aromatic nitrogens is 4. The van der Waals surface area contributed by atoms with Gasteiger partial charge in [-0.25, -0.2) is 4.98 Å². The van der Waals surface area contributed by atoms with Crippen molar-refractivity contribution in [2.45, 2.75) is 6.54 Å². The van der Waals surface area contributed by atoms with E-state index < -0.39 is 0 Å². The van der Waals surface area contributed by atoms with E-state index in [1.807, 2.05) is 60.7 Å². The molecule has 2 aromatic heterocycles. The minimum atomic E-state index is -0.152. The van der Waals surface area contributed by atoms with E-state index in [0.717, 1.165) is 38.9 Å². The van der Waals surface area contributed by atoms with Crippen LogP contribution in [0.2, 0.25) is 0 Å². The monoisotopic (exact) mass is 397 g/mol. The van der Waals surface area contributed by atoms with Crippen molar-refractivity contribution in [2.24, 2.45) is 0 Å². The maximum atomic E-state index is 12.6. The lowest BCUT2D eigenvalue weighted by Crippen LogP contribution is -2.22. The second-order valence-electron chi connectivity index (χ2n) is 6.97. The number of rotatable bonds is 5. The predicted octanol–water partition coefficient (Wildman–Crippen LogP) is 4.04. The number of methoxy groups -OCH3 is 1. The van der Waals surface area contributed by atoms with Crippen LogP contribution in [0.4, 0.5) is 0 Å². The first-order chi connectivity index (χ1) is 14.7. The van der Waals surface area contributed by atoms with Crippen LogP contribution in [-0.4, -0.2) is 33.2 Å². The number of H-pyrrole nitrogens is 2. The Hall–Kier alpha value is -4.13. The van der Waals surface area contributed by atoms with Crippen molar-refractivity contribution in [3.63, 3.8) is 0 Å². The van der Waals surface area contributed by atoms with E-state index in [0.29, 0.717) is 17.9 Å². The van der Waals surface area contributed by atoms with Gasteiger partial charge in [-0.15, -0.1) is 0 Å². The van der Waals surface area contributed by atoms with E-state index in [4.69, 9.17) is 4.74 Å². The Balaban J connectivity index is 1.39. The topological polar surface area (TPSA) is 95.7 Å². The summed E-state index contributed by atoms with van der Waals surface area (Å²) in [7, 11) is 1.62. The number of fused-ring (bicyclic) bond motifs is 2. The Morgan fingerprint density at radius 2 is 1.93 bits per heavy atom. The number of amides is 1. The average molecular weight is 397 g/mol. The molecule has 0 unspecified atom stereocenters. The number of hydrogen-bond donors (Lipinski definition) is 3. The number of nitrogens with zero attached hydrogens (tertiary/aromatic N) is 2. The van der Waals surface area contributed by atoms with Crippen molar-refractivity contribution in [2.75, 3.05) is 7.11 Å². The van der Waals surface area contributed by atoms with Gasteiger partial charge >= 0.3 is 0 Å². The van der Waals surface area contributed by atoms with E-state index in [2.05, 4.69) is 25.5 Å². The van der Waals surface area contributed by atoms with Gasteiger partial charge in [0.1, 0.15) is 11.4 Å². The molecule has 0 saturated heterocycles. The first-order valence-electron chi connectivity index (χ1n) is 9.55. The Morgan fingerprint density at radius 1 is 1.03 bits per heavy atom. The van der Waals surface area contributed by atoms with Gasteiger partial charge in [-0.2, -0.15) is 5.10 Å². The van der Waals surface area contributed by atoms with E-state index in [1.54, 1.807) is 13.2 Å². The lowest BCUT2D eigenvalue weighted by atomic mass is 10.1. The zero-order valence-electron chi connectivity index (χ0n) is 16.3. The van der Waals surface area contributed by atoms with Crippen LogP contribution in [0.5, 0.6) is 5.75 Å². The number of benzene rings is 3. The number of hydrogen-bond acceptors (Lipinski definition) is 4. The van der Waals surface area contributed by atoms with Gasteiger partial charge in [0.25, 0.3) is 5.91 Å². The molecule has 3 aromatic carbocycles. The van der Waals surface area contributed by atoms with Gasteiger partial charge < -0.3 is 15.0 Å². The molecule has 0 fully saturated rings. The number of imidazole rings is 1. The van der Waals surface area contributed by atoms with E-state index in [1.165, 1.54) is 0 Å². The molecule has 5 rings (SSSR count). The van der Waals surface area contributed by atoms with Gasteiger partial charge in [-0.3, -0.25) is 9.89 Å². The highest BCUT2D eigenvalue weighted by atomic mass is 16.5. The van der Waals surface area contributed by atoms with Crippen LogP contribution >= 0.6 is 0 Å². The molecular formula is C23H19N5O2. The average Bonchev–Trinajstić information content (AvgIpc) is 3.40. The van der Waals surface area contributed by atoms with Crippen LogP contribution in [-0.2, 0) is 6.54 Å². The molecule has 7 heteroatoms. The molecule has 0 spiro atoms. The second-order valence-corrected chi connectivity index (χ2v) is 6.97. The first kappa shape index (κ1) is 17.9. The van der Waals surface area contributed by atoms with Crippen molar-refractivity contribution in [3.05, 3.63) is 77.9 Å². The summed E-state index contributed by atoms with van der Waals surface area (Å²) in [5.41, 5.74) is 4.80. The number of ether oxygens (including phenoxy) is 1. The maximum absolute atomic E-state index is 12.6. The minimum absolute atomic E-state index is 0.152. The molecule has 7 nitrogen and oxygen atoms in total. The Kier molecular flexibility index (Phi) is 4.40. The van der Waals surface area contributed by atoms with Crippen molar-refractivity contribution < 1.29 is 9.53 Å². The molecule has 0 radical (unpaired) electrons. The molecule has 0 atom stereocenters. The standard InChI is InChI=1S/C23H19N5O2/c1-30-16-6-4-5-14(11-16)13-24-23(29)15-9-10-19-20(12-15)26-22(25-19)21-17-7-2-3-8-18(17)27-28-21/h2-12H,13H2,1H3,(H,24,29)(H,25,26)(H,27,28). The third-order valence-electron chi connectivity index (χ3n) is 5.03. The van der Waals surface area contributed by atoms with E-state index in [9.17, 15) is 4.79 Å². The summed E-state index contributed by atoms with van der Waals surface area (Å²) in [6, 6.07) is 20.9. The lowest BCUT2D eigenvalue weighted by Gasteiger charge is -2.07. The largest absolute Gasteiger partial charge is 0.497 e. The Bertz CT molecular complexity index is 1370. The Labute approximate surface area is 172 Å². The molecule has 148 valence electrons. The highest BCUT2D eigenvalue weighted by Crippen LogP contribution is 2.26. The summed E-state index contributed by atoms with van der Waals surface area (Å²) < 4.78 is 5.22. The van der Waals surface area contributed by atoms with Gasteiger partial charge in [-0.05, 0) is 42.0 Å². The van der Waals surface area contributed by atoms with Crippen LogP contribution in [0.3, 0.4) is 0 Å². The summed E-state index contributed by atoms with van der Waals surface area (Å²) in [5, 5.41) is 11.3. The third kappa shape index (κ3) is 3.26. The molecule has 30 heavy (non-hydrogen) atoms. The zero-order valence-corrected chi connectivity index (χ0v) is 16.3. The number of carbonyl (C=O) groups excluding carboxylic acids is 1. The van der Waals surface area contributed by atoms with Crippen molar-refractivity contribution in [3.8, 4) is 17.3 Å². The minimum Gasteiger partial charge on any atom is -0.497 e. The summed E-state index contributed by atoms with van der Waals surface area (Å²) in [6.45, 7) is 0.418. The number of carbonyl (C=O) groups is 1. The van der Waals surface area contributed by atoms with Crippen LogP contribution in [0, 0.1) is 0 Å². The third-order valence-corrected chi connectivity index (χ3v) is 5.03. The molecule has 0 bridgehead atoms. The van der Waals surface area contributed by atoms with Gasteiger partial charge in [-0.1, -0.05) is 30.3 Å². The van der Waals surface area contributed by atoms with Crippen LogP contribution < -0.4 is 10.1 Å². The van der Waals surface area contributed by atoms with Crippen molar-refractivity contribution in [1.29, 1.82) is 0 Å². The van der Waals surface area contributed by atoms with Crippen LogP contribution in [0.25, 0.3) is 33.5 Å². The van der Waals surface area contributed by atoms with Crippen LogP contribution in [0.15, 0.2) is 66.7 Å². The molecule has 0 aliphatic carbocycles. The summed E-state index contributed by atoms with van der Waals surface area (Å²) in [6.07, 6.45) is 0. The SMILES string of the molecule is COc1cccc(CNC(=O)c2ccc3nc(-c4n[nH]c5ccccc45)[nH]c3c2)c1. The molecule has 2 heterocycles.